The third-order valence-corrected chi connectivity index (χ3v) is 2.35. The molecule has 0 bridgehead atoms. The van der Waals surface area contributed by atoms with E-state index in [-0.39, 0.29) is 5.92 Å². The molecule has 1 aliphatic heterocycles. The summed E-state index contributed by atoms with van der Waals surface area (Å²) >= 11 is 0. The van der Waals surface area contributed by atoms with Gasteiger partial charge in [0, 0.05) is 12.5 Å². The lowest BCUT2D eigenvalue weighted by Crippen LogP contribution is -2.34. The van der Waals surface area contributed by atoms with Crippen LogP contribution >= 0.6 is 0 Å². The van der Waals surface area contributed by atoms with Crippen LogP contribution in [0, 0.1) is 5.92 Å². The van der Waals surface area contributed by atoms with E-state index >= 15 is 0 Å². The first-order chi connectivity index (χ1) is 7.38. The Morgan fingerprint density at radius 3 is 2.69 bits per heavy atom. The van der Waals surface area contributed by atoms with Crippen molar-refractivity contribution >= 4 is 6.09 Å². The molecule has 2 N–H and O–H groups in total. The van der Waals surface area contributed by atoms with E-state index < -0.39 is 17.8 Å². The Kier molecular flexibility index (Phi) is 4.56. The van der Waals surface area contributed by atoms with Gasteiger partial charge in [0.25, 0.3) is 0 Å². The minimum Gasteiger partial charge on any atom is -0.444 e. The van der Waals surface area contributed by atoms with E-state index in [0.29, 0.717) is 26.2 Å². The second-order valence-corrected chi connectivity index (χ2v) is 5.08. The zero-order chi connectivity index (χ0) is 12.2. The highest BCUT2D eigenvalue weighted by Gasteiger charge is 2.25. The molecule has 1 amide bonds. The molecular formula is C11H21NO4. The fourth-order valence-corrected chi connectivity index (χ4v) is 1.54. The number of hydrogen-bond donors (Lipinski definition) is 2. The molecule has 0 saturated carbocycles. The predicted octanol–water partition coefficient (Wildman–Crippen LogP) is 0.908. The molecule has 5 nitrogen and oxygen atoms in total. The van der Waals surface area contributed by atoms with Gasteiger partial charge in [0.1, 0.15) is 5.60 Å². The van der Waals surface area contributed by atoms with Gasteiger partial charge in [-0.2, -0.15) is 0 Å². The largest absolute Gasteiger partial charge is 0.444 e. The lowest BCUT2D eigenvalue weighted by Gasteiger charge is -2.20. The predicted molar refractivity (Wildman–Crippen MR) is 59.2 cm³/mol. The number of nitrogens with one attached hydrogen (secondary N) is 1. The van der Waals surface area contributed by atoms with Crippen LogP contribution in [0.2, 0.25) is 0 Å². The Morgan fingerprint density at radius 2 is 2.19 bits per heavy atom. The van der Waals surface area contributed by atoms with Crippen LogP contribution in [-0.2, 0) is 9.47 Å². The van der Waals surface area contributed by atoms with E-state index in [0.717, 1.165) is 0 Å². The molecule has 94 valence electrons. The second-order valence-electron chi connectivity index (χ2n) is 5.08. The summed E-state index contributed by atoms with van der Waals surface area (Å²) in [5.41, 5.74) is -0.472. The fraction of sp³-hybridized carbons (Fsp3) is 0.909. The summed E-state index contributed by atoms with van der Waals surface area (Å²) in [5.74, 6) is 0.120. The van der Waals surface area contributed by atoms with Gasteiger partial charge >= 0.3 is 6.09 Å². The van der Waals surface area contributed by atoms with Crippen LogP contribution in [0.4, 0.5) is 4.79 Å². The number of hydrogen-bond acceptors (Lipinski definition) is 4. The summed E-state index contributed by atoms with van der Waals surface area (Å²) in [6.45, 7) is 6.93. The van der Waals surface area contributed by atoms with Gasteiger partial charge in [-0.1, -0.05) is 0 Å². The molecule has 0 aliphatic carbocycles. The molecule has 0 aromatic carbocycles. The Bertz CT molecular complexity index is 237. The number of aliphatic hydroxyl groups is 1. The maximum absolute atomic E-state index is 11.3. The third kappa shape index (κ3) is 4.81. The van der Waals surface area contributed by atoms with Crippen molar-refractivity contribution < 1.29 is 19.4 Å². The smallest absolute Gasteiger partial charge is 0.407 e. The first kappa shape index (κ1) is 13.3. The molecule has 1 saturated heterocycles. The van der Waals surface area contributed by atoms with E-state index in [1.54, 1.807) is 0 Å². The summed E-state index contributed by atoms with van der Waals surface area (Å²) < 4.78 is 10.2. The van der Waals surface area contributed by atoms with Crippen molar-refractivity contribution in [2.24, 2.45) is 5.92 Å². The highest BCUT2D eigenvalue weighted by Crippen LogP contribution is 2.16. The zero-order valence-electron chi connectivity index (χ0n) is 10.2. The number of carbonyl (C=O) groups is 1. The van der Waals surface area contributed by atoms with E-state index in [1.807, 2.05) is 20.8 Å². The average Bonchev–Trinajstić information content (AvgIpc) is 2.48. The summed E-state index contributed by atoms with van der Waals surface area (Å²) in [4.78, 5) is 11.3. The molecule has 0 aromatic heterocycles. The van der Waals surface area contributed by atoms with Crippen molar-refractivity contribution in [2.45, 2.75) is 38.9 Å². The molecule has 1 heterocycles. The van der Waals surface area contributed by atoms with Crippen molar-refractivity contribution in [1.29, 1.82) is 0 Å². The number of rotatable bonds is 3. The number of ether oxygens (including phenoxy) is 2. The van der Waals surface area contributed by atoms with Gasteiger partial charge in [-0.15, -0.1) is 0 Å². The quantitative estimate of drug-likeness (QED) is 0.757. The number of carbonyl (C=O) groups excluding carboxylic acids is 1. The molecule has 0 unspecified atom stereocenters. The van der Waals surface area contributed by atoms with Crippen LogP contribution in [0.1, 0.15) is 27.2 Å². The standard InChI is InChI=1S/C11H21NO4/c1-11(2,3)16-10(14)12-5-4-8-6-15-7-9(8)13/h8-9,13H,4-7H2,1-3H3,(H,12,14)/t8-,9-/m1/s1. The van der Waals surface area contributed by atoms with Crippen molar-refractivity contribution in [2.75, 3.05) is 19.8 Å². The van der Waals surface area contributed by atoms with Crippen LogP contribution in [-0.4, -0.2) is 42.7 Å². The van der Waals surface area contributed by atoms with Crippen LogP contribution in [0.5, 0.6) is 0 Å². The summed E-state index contributed by atoms with van der Waals surface area (Å²) in [7, 11) is 0. The fourth-order valence-electron chi connectivity index (χ4n) is 1.54. The van der Waals surface area contributed by atoms with Gasteiger partial charge < -0.3 is 19.9 Å². The van der Waals surface area contributed by atoms with E-state index in [2.05, 4.69) is 5.32 Å². The second kappa shape index (κ2) is 5.50. The number of amides is 1. The van der Waals surface area contributed by atoms with Gasteiger partial charge in [0.15, 0.2) is 0 Å². The maximum atomic E-state index is 11.3. The SMILES string of the molecule is CC(C)(C)OC(=O)NCC[C@@H]1COC[C@H]1O. The van der Waals surface area contributed by atoms with E-state index in [4.69, 9.17) is 9.47 Å². The van der Waals surface area contributed by atoms with E-state index in [1.165, 1.54) is 0 Å². The van der Waals surface area contributed by atoms with E-state index in [9.17, 15) is 9.90 Å². The monoisotopic (exact) mass is 231 g/mol. The molecule has 5 heteroatoms. The maximum Gasteiger partial charge on any atom is 0.407 e. The number of aliphatic hydroxyl groups excluding tert-OH is 1. The Morgan fingerprint density at radius 1 is 1.50 bits per heavy atom. The van der Waals surface area contributed by atoms with Crippen LogP contribution in [0.3, 0.4) is 0 Å². The first-order valence-electron chi connectivity index (χ1n) is 5.61. The first-order valence-corrected chi connectivity index (χ1v) is 5.61. The molecular weight excluding hydrogens is 210 g/mol. The van der Waals surface area contributed by atoms with Crippen LogP contribution < -0.4 is 5.32 Å². The highest BCUT2D eigenvalue weighted by atomic mass is 16.6. The Balaban J connectivity index is 2.13. The highest BCUT2D eigenvalue weighted by molar-refractivity contribution is 5.67. The van der Waals surface area contributed by atoms with Crippen molar-refractivity contribution in [3.05, 3.63) is 0 Å². The summed E-state index contributed by atoms with van der Waals surface area (Å²) in [5, 5.41) is 12.1. The van der Waals surface area contributed by atoms with Gasteiger partial charge in [-0.05, 0) is 27.2 Å². The molecule has 0 radical (unpaired) electrons. The number of alkyl carbamates (subject to hydrolysis) is 1. The normalized spacial score (nSPS) is 25.5. The third-order valence-electron chi connectivity index (χ3n) is 2.35. The van der Waals surface area contributed by atoms with Gasteiger partial charge in [0.2, 0.25) is 0 Å². The molecule has 1 rings (SSSR count). The van der Waals surface area contributed by atoms with Crippen molar-refractivity contribution in [3.8, 4) is 0 Å². The zero-order valence-corrected chi connectivity index (χ0v) is 10.2. The Labute approximate surface area is 96.1 Å². The van der Waals surface area contributed by atoms with Crippen LogP contribution in [0.15, 0.2) is 0 Å². The molecule has 0 aromatic rings. The lowest BCUT2D eigenvalue weighted by molar-refractivity contribution is 0.0519. The molecule has 2 atom stereocenters. The molecule has 16 heavy (non-hydrogen) atoms. The van der Waals surface area contributed by atoms with Crippen molar-refractivity contribution in [1.82, 2.24) is 5.32 Å². The van der Waals surface area contributed by atoms with Gasteiger partial charge in [-0.25, -0.2) is 4.79 Å². The molecule has 1 fully saturated rings. The Hall–Kier alpha value is -0.810. The average molecular weight is 231 g/mol. The van der Waals surface area contributed by atoms with Crippen LogP contribution in [0.25, 0.3) is 0 Å². The lowest BCUT2D eigenvalue weighted by atomic mass is 10.0. The minimum atomic E-state index is -0.472. The van der Waals surface area contributed by atoms with Gasteiger partial charge in [0.05, 0.1) is 19.3 Å². The summed E-state index contributed by atoms with van der Waals surface area (Å²) in [6.07, 6.45) is -0.109. The molecule has 0 spiro atoms. The minimum absolute atomic E-state index is 0.120. The van der Waals surface area contributed by atoms with Gasteiger partial charge in [-0.3, -0.25) is 0 Å². The topological polar surface area (TPSA) is 67.8 Å². The van der Waals surface area contributed by atoms with Crippen molar-refractivity contribution in [3.63, 3.8) is 0 Å². The summed E-state index contributed by atoms with van der Waals surface area (Å²) in [6, 6.07) is 0. The molecule has 1 aliphatic rings.